The van der Waals surface area contributed by atoms with Crippen LogP contribution in [0.3, 0.4) is 0 Å². The number of carbonyl (C=O) groups is 2. The molecular formula is C5HF9O3. The number of hydrogen-bond donors (Lipinski definition) is 1. The minimum atomic E-state index is -5.82. The fourth-order valence-corrected chi connectivity index (χ4v) is 0.161. The second-order valence-electron chi connectivity index (χ2n) is 2.13. The Kier molecular flexibility index (Phi) is 5.50. The van der Waals surface area contributed by atoms with Crippen LogP contribution in [0.1, 0.15) is 0 Å². The normalized spacial score (nSPS) is 12.5. The third-order valence-electron chi connectivity index (χ3n) is 0.757. The summed E-state index contributed by atoms with van der Waals surface area (Å²) in [5.41, 5.74) is 0. The van der Waals surface area contributed by atoms with E-state index in [2.05, 4.69) is 0 Å². The number of alkyl halides is 9. The molecule has 0 saturated carbocycles. The zero-order valence-corrected chi connectivity index (χ0v) is 7.17. The van der Waals surface area contributed by atoms with Crippen LogP contribution in [0, 0.1) is 0 Å². The molecule has 0 unspecified atom stereocenters. The lowest BCUT2D eigenvalue weighted by Crippen LogP contribution is -2.36. The van der Waals surface area contributed by atoms with Crippen molar-refractivity contribution < 1.29 is 54.2 Å². The van der Waals surface area contributed by atoms with Crippen molar-refractivity contribution in [3.8, 4) is 0 Å². The Morgan fingerprint density at radius 2 is 0.824 bits per heavy atom. The Morgan fingerprint density at radius 3 is 0.824 bits per heavy atom. The summed E-state index contributed by atoms with van der Waals surface area (Å²) in [5.74, 6) is -6.44. The van der Waals surface area contributed by atoms with Gasteiger partial charge < -0.3 is 5.11 Å². The van der Waals surface area contributed by atoms with Crippen LogP contribution in [0.4, 0.5) is 39.5 Å². The molecule has 0 aromatic rings. The van der Waals surface area contributed by atoms with E-state index < -0.39 is 30.3 Å². The van der Waals surface area contributed by atoms with Gasteiger partial charge in [0, 0.05) is 0 Å². The fraction of sp³-hybridized carbons (Fsp3) is 0.600. The lowest BCUT2D eigenvalue weighted by atomic mass is 10.4. The molecule has 0 heterocycles. The van der Waals surface area contributed by atoms with Gasteiger partial charge in [0.05, 0.1) is 0 Å². The van der Waals surface area contributed by atoms with Crippen LogP contribution >= 0.6 is 0 Å². The maximum atomic E-state index is 10.9. The van der Waals surface area contributed by atoms with Crippen LogP contribution in [0.2, 0.25) is 0 Å². The Bertz CT molecular complexity index is 266. The van der Waals surface area contributed by atoms with E-state index >= 15 is 0 Å². The van der Waals surface area contributed by atoms with Crippen LogP contribution < -0.4 is 0 Å². The molecule has 0 bridgehead atoms. The largest absolute Gasteiger partial charge is 0.490 e. The molecule has 0 spiro atoms. The van der Waals surface area contributed by atoms with E-state index in [1.807, 2.05) is 0 Å². The van der Waals surface area contributed by atoms with Gasteiger partial charge in [-0.2, -0.15) is 39.5 Å². The monoisotopic (exact) mass is 280 g/mol. The van der Waals surface area contributed by atoms with Crippen molar-refractivity contribution in [3.63, 3.8) is 0 Å². The van der Waals surface area contributed by atoms with Gasteiger partial charge in [-0.3, -0.25) is 4.79 Å². The van der Waals surface area contributed by atoms with Gasteiger partial charge in [-0.25, -0.2) is 4.79 Å². The second kappa shape index (κ2) is 5.23. The lowest BCUT2D eigenvalue weighted by Gasteiger charge is -2.06. The van der Waals surface area contributed by atoms with Crippen molar-refractivity contribution in [2.75, 3.05) is 0 Å². The number of carbonyl (C=O) groups excluding carboxylic acids is 1. The molecule has 0 aliphatic carbocycles. The Morgan fingerprint density at radius 1 is 0.647 bits per heavy atom. The Labute approximate surface area is 85.8 Å². The molecule has 0 saturated heterocycles. The van der Waals surface area contributed by atoms with Gasteiger partial charge in [-0.1, -0.05) is 0 Å². The molecule has 0 fully saturated rings. The van der Waals surface area contributed by atoms with E-state index in [9.17, 15) is 44.3 Å². The minimum absolute atomic E-state index is 2.76. The molecule has 0 radical (unpaired) electrons. The maximum absolute atomic E-state index is 10.9. The van der Waals surface area contributed by atoms with Crippen molar-refractivity contribution in [1.29, 1.82) is 0 Å². The first kappa shape index (κ1) is 17.9. The number of halogens is 9. The predicted octanol–water partition coefficient (Wildman–Crippen LogP) is 2.31. The zero-order chi connectivity index (χ0) is 14.7. The maximum Gasteiger partial charge on any atom is 0.490 e. The Hall–Kier alpha value is -1.49. The number of hydrogen-bond acceptors (Lipinski definition) is 2. The van der Waals surface area contributed by atoms with Gasteiger partial charge >= 0.3 is 30.3 Å². The van der Waals surface area contributed by atoms with E-state index in [0.29, 0.717) is 0 Å². The van der Waals surface area contributed by atoms with Gasteiger partial charge in [0.25, 0.3) is 0 Å². The van der Waals surface area contributed by atoms with Crippen molar-refractivity contribution in [2.45, 2.75) is 18.5 Å². The van der Waals surface area contributed by atoms with Crippen LogP contribution in [-0.4, -0.2) is 35.4 Å². The van der Waals surface area contributed by atoms with Crippen LogP contribution in [0.15, 0.2) is 0 Å². The molecule has 17 heavy (non-hydrogen) atoms. The number of ketones is 1. The summed E-state index contributed by atoms with van der Waals surface area (Å²) in [5, 5.41) is 7.12. The van der Waals surface area contributed by atoms with Gasteiger partial charge in [0.2, 0.25) is 0 Å². The number of carboxylic acids is 1. The highest BCUT2D eigenvalue weighted by Crippen LogP contribution is 2.28. The third-order valence-corrected chi connectivity index (χ3v) is 0.757. The molecule has 0 aliphatic rings. The van der Waals surface area contributed by atoms with E-state index in [-0.39, 0.29) is 0 Å². The van der Waals surface area contributed by atoms with E-state index in [0.717, 1.165) is 0 Å². The molecule has 3 nitrogen and oxygen atoms in total. The molecule has 0 amide bonds. The molecule has 1 N–H and O–H groups in total. The first-order valence-corrected chi connectivity index (χ1v) is 3.08. The standard InChI is InChI=1S/C3F6O.C2HF3O2/c4-2(5,6)1(10)3(7,8)9;3-2(4,5)1(6)7/h;(H,6,7). The Balaban J connectivity index is 0. The summed E-state index contributed by atoms with van der Waals surface area (Å²) < 4.78 is 97.0. The average Bonchev–Trinajstić information content (AvgIpc) is 1.98. The molecule has 0 aromatic heterocycles. The number of rotatable bonds is 0. The van der Waals surface area contributed by atoms with E-state index in [1.54, 1.807) is 0 Å². The van der Waals surface area contributed by atoms with Crippen LogP contribution in [0.5, 0.6) is 0 Å². The topological polar surface area (TPSA) is 54.4 Å². The highest BCUT2D eigenvalue weighted by atomic mass is 19.4. The van der Waals surface area contributed by atoms with Gasteiger partial charge in [-0.15, -0.1) is 0 Å². The summed E-state index contributed by atoms with van der Waals surface area (Å²) in [4.78, 5) is 18.1. The number of carboxylic acid groups (broad SMARTS) is 1. The van der Waals surface area contributed by atoms with E-state index in [4.69, 9.17) is 9.90 Å². The first-order valence-electron chi connectivity index (χ1n) is 3.08. The highest BCUT2D eigenvalue weighted by molar-refractivity contribution is 5.89. The second-order valence-corrected chi connectivity index (χ2v) is 2.13. The van der Waals surface area contributed by atoms with Crippen molar-refractivity contribution in [3.05, 3.63) is 0 Å². The third kappa shape index (κ3) is 8.33. The SMILES string of the molecule is O=C(C(F)(F)F)C(F)(F)F.O=C(O)C(F)(F)F. The molecule has 102 valence electrons. The van der Waals surface area contributed by atoms with Crippen LogP contribution in [-0.2, 0) is 9.59 Å². The molecule has 12 heteroatoms. The summed E-state index contributed by atoms with van der Waals surface area (Å²) in [6, 6.07) is 0. The minimum Gasteiger partial charge on any atom is -0.475 e. The highest BCUT2D eigenvalue weighted by Gasteiger charge is 2.55. The number of aliphatic carboxylic acids is 1. The molecule has 0 aliphatic heterocycles. The van der Waals surface area contributed by atoms with Crippen LogP contribution in [0.25, 0.3) is 0 Å². The summed E-state index contributed by atoms with van der Waals surface area (Å²) in [6.45, 7) is 0. The summed E-state index contributed by atoms with van der Waals surface area (Å²) >= 11 is 0. The number of Topliss-reactive ketones (excluding diaryl/α,β-unsaturated/α-hetero) is 1. The quantitative estimate of drug-likeness (QED) is 0.693. The van der Waals surface area contributed by atoms with Crippen molar-refractivity contribution >= 4 is 11.8 Å². The molecule has 0 atom stereocenters. The molecular weight excluding hydrogens is 279 g/mol. The van der Waals surface area contributed by atoms with E-state index in [1.165, 1.54) is 0 Å². The fourth-order valence-electron chi connectivity index (χ4n) is 0.161. The van der Waals surface area contributed by atoms with Crippen molar-refractivity contribution in [2.24, 2.45) is 0 Å². The van der Waals surface area contributed by atoms with Crippen molar-refractivity contribution in [1.82, 2.24) is 0 Å². The van der Waals surface area contributed by atoms with Gasteiger partial charge in [-0.05, 0) is 0 Å². The summed E-state index contributed by atoms with van der Waals surface area (Å²) in [6.07, 6.45) is -16.7. The molecule has 0 aromatic carbocycles. The van der Waals surface area contributed by atoms with Gasteiger partial charge in [0.15, 0.2) is 0 Å². The first-order chi connectivity index (χ1) is 7.10. The summed E-state index contributed by atoms with van der Waals surface area (Å²) in [7, 11) is 0. The smallest absolute Gasteiger partial charge is 0.475 e. The molecule has 0 rings (SSSR count). The van der Waals surface area contributed by atoms with Gasteiger partial charge in [0.1, 0.15) is 0 Å². The predicted molar refractivity (Wildman–Crippen MR) is 30.8 cm³/mol. The zero-order valence-electron chi connectivity index (χ0n) is 7.17. The average molecular weight is 280 g/mol. The lowest BCUT2D eigenvalue weighted by molar-refractivity contribution is -0.217.